The van der Waals surface area contributed by atoms with Crippen LogP contribution in [0, 0.1) is 5.82 Å². The number of rotatable bonds is 7. The summed E-state index contributed by atoms with van der Waals surface area (Å²) < 4.78 is 20.0. The van der Waals surface area contributed by atoms with Crippen molar-refractivity contribution in [3.05, 3.63) is 107 Å². The van der Waals surface area contributed by atoms with Crippen LogP contribution in [-0.4, -0.2) is 36.0 Å². The summed E-state index contributed by atoms with van der Waals surface area (Å²) in [4.78, 5) is 25.3. The lowest BCUT2D eigenvalue weighted by atomic mass is 10.0. The van der Waals surface area contributed by atoms with Gasteiger partial charge in [-0.2, -0.15) is 0 Å². The van der Waals surface area contributed by atoms with Crippen molar-refractivity contribution < 1.29 is 13.9 Å². The predicted molar refractivity (Wildman–Crippen MR) is 134 cm³/mol. The fourth-order valence-corrected chi connectivity index (χ4v) is 4.29. The molecule has 6 nitrogen and oxygen atoms in total. The molecule has 3 aromatic carbocycles. The Morgan fingerprint density at radius 2 is 1.83 bits per heavy atom. The highest BCUT2D eigenvalue weighted by Gasteiger charge is 2.22. The number of H-pyrrole nitrogens is 1. The van der Waals surface area contributed by atoms with Crippen molar-refractivity contribution in [2.75, 3.05) is 13.2 Å². The van der Waals surface area contributed by atoms with E-state index in [0.29, 0.717) is 35.4 Å². The highest BCUT2D eigenvalue weighted by atomic mass is 19.1. The minimum absolute atomic E-state index is 0.0217. The fourth-order valence-electron chi connectivity index (χ4n) is 4.29. The lowest BCUT2D eigenvalue weighted by Crippen LogP contribution is -2.41. The van der Waals surface area contributed by atoms with Crippen LogP contribution in [0.25, 0.3) is 16.6 Å². The number of hydrogen-bond acceptors (Lipinski definition) is 5. The number of aromatic amines is 1. The fraction of sp³-hybridized carbons (Fsp3) is 0.179. The molecule has 2 N–H and O–H groups in total. The average molecular weight is 469 g/mol. The van der Waals surface area contributed by atoms with E-state index in [-0.39, 0.29) is 18.3 Å². The number of halogens is 1. The number of hydrogen-bond donors (Lipinski definition) is 2. The summed E-state index contributed by atoms with van der Waals surface area (Å²) in [5.41, 5.74) is 3.64. The zero-order chi connectivity index (χ0) is 24.2. The quantitative estimate of drug-likeness (QED) is 0.409. The minimum atomic E-state index is -0.599. The Bertz CT molecular complexity index is 1540. The van der Waals surface area contributed by atoms with E-state index in [0.717, 1.165) is 21.7 Å². The summed E-state index contributed by atoms with van der Waals surface area (Å²) in [5.74, 6) is -0.726. The molecule has 0 aliphatic carbocycles. The zero-order valence-electron chi connectivity index (χ0n) is 19.3. The van der Waals surface area contributed by atoms with Gasteiger partial charge in [0.2, 0.25) is 0 Å². The molecule has 0 bridgehead atoms. The highest BCUT2D eigenvalue weighted by Crippen LogP contribution is 2.22. The number of esters is 1. The van der Waals surface area contributed by atoms with Crippen molar-refractivity contribution in [1.82, 2.24) is 10.3 Å². The molecule has 1 unspecified atom stereocenters. The van der Waals surface area contributed by atoms with Crippen LogP contribution in [0.3, 0.4) is 0 Å². The Labute approximate surface area is 201 Å². The maximum Gasteiger partial charge on any atom is 0.319 e. The second-order valence-electron chi connectivity index (χ2n) is 8.20. The molecule has 1 aromatic heterocycles. The van der Waals surface area contributed by atoms with E-state index in [4.69, 9.17) is 14.7 Å². The third-order valence-electron chi connectivity index (χ3n) is 5.92. The van der Waals surface area contributed by atoms with Crippen molar-refractivity contribution in [1.29, 1.82) is 0 Å². The predicted octanol–water partition coefficient (Wildman–Crippen LogP) is 3.26. The first-order chi connectivity index (χ1) is 17.1. The molecule has 4 aromatic rings. The number of carbonyl (C=O) groups excluding carboxylic acids is 1. The zero-order valence-corrected chi connectivity index (χ0v) is 19.3. The molecule has 0 fully saturated rings. The molecule has 2 heterocycles. The van der Waals surface area contributed by atoms with E-state index < -0.39 is 6.17 Å². The first kappa shape index (κ1) is 22.7. The number of para-hydroxylation sites is 2. The smallest absolute Gasteiger partial charge is 0.319 e. The lowest BCUT2D eigenvalue weighted by molar-refractivity contribution is -0.142. The van der Waals surface area contributed by atoms with Gasteiger partial charge in [-0.25, -0.2) is 4.39 Å². The summed E-state index contributed by atoms with van der Waals surface area (Å²) in [6, 6.07) is 22.2. The van der Waals surface area contributed by atoms with Crippen molar-refractivity contribution in [3.63, 3.8) is 0 Å². The van der Waals surface area contributed by atoms with Crippen LogP contribution < -0.4 is 15.9 Å². The summed E-state index contributed by atoms with van der Waals surface area (Å²) in [5, 5.41) is 5.67. The number of nitrogens with zero attached hydrogens (tertiary/aromatic N) is 2. The summed E-state index contributed by atoms with van der Waals surface area (Å²) in [7, 11) is 0. The van der Waals surface area contributed by atoms with Crippen LogP contribution in [0.15, 0.2) is 89.0 Å². The molecule has 0 saturated heterocycles. The Hall–Kier alpha value is -4.10. The average Bonchev–Trinajstić information content (AvgIpc) is 3.21. The van der Waals surface area contributed by atoms with Crippen LogP contribution in [0.2, 0.25) is 0 Å². The van der Waals surface area contributed by atoms with Crippen LogP contribution >= 0.6 is 0 Å². The summed E-state index contributed by atoms with van der Waals surface area (Å²) in [6.45, 7) is 2.04. The summed E-state index contributed by atoms with van der Waals surface area (Å²) >= 11 is 0. The van der Waals surface area contributed by atoms with E-state index in [2.05, 4.69) is 10.3 Å². The van der Waals surface area contributed by atoms with E-state index in [1.54, 1.807) is 25.1 Å². The second kappa shape index (κ2) is 10.0. The van der Waals surface area contributed by atoms with Gasteiger partial charge < -0.3 is 9.72 Å². The number of fused-ring (bicyclic) bond motifs is 2. The third kappa shape index (κ3) is 4.76. The Morgan fingerprint density at radius 1 is 1.06 bits per heavy atom. The highest BCUT2D eigenvalue weighted by molar-refractivity contribution is 5.98. The van der Waals surface area contributed by atoms with Crippen LogP contribution in [-0.2, 0) is 16.0 Å². The number of ether oxygens (including phenoxy) is 1. The van der Waals surface area contributed by atoms with Gasteiger partial charge in [0.25, 0.3) is 0 Å². The molecule has 0 radical (unpaired) electrons. The third-order valence-corrected chi connectivity index (χ3v) is 5.92. The van der Waals surface area contributed by atoms with Crippen LogP contribution in [0.1, 0.15) is 18.1 Å². The number of aromatic nitrogens is 1. The van der Waals surface area contributed by atoms with Crippen molar-refractivity contribution in [2.24, 2.45) is 9.98 Å². The Morgan fingerprint density at radius 3 is 2.69 bits per heavy atom. The molecule has 1 aliphatic rings. The van der Waals surface area contributed by atoms with Gasteiger partial charge in [0.1, 0.15) is 12.0 Å². The largest absolute Gasteiger partial charge is 0.465 e. The van der Waals surface area contributed by atoms with Crippen LogP contribution in [0.4, 0.5) is 4.39 Å². The number of carbonyl (C=O) groups is 1. The molecular weight excluding hydrogens is 443 g/mol. The van der Waals surface area contributed by atoms with E-state index in [1.807, 2.05) is 54.7 Å². The van der Waals surface area contributed by atoms with Crippen LogP contribution in [0.5, 0.6) is 0 Å². The van der Waals surface area contributed by atoms with E-state index in [1.165, 1.54) is 6.07 Å². The molecule has 0 amide bonds. The molecule has 0 saturated carbocycles. The molecule has 176 valence electrons. The van der Waals surface area contributed by atoms with Gasteiger partial charge in [0, 0.05) is 34.3 Å². The van der Waals surface area contributed by atoms with Gasteiger partial charge in [-0.3, -0.25) is 20.1 Å². The molecule has 5 rings (SSSR count). The topological polar surface area (TPSA) is 78.8 Å². The van der Waals surface area contributed by atoms with E-state index >= 15 is 0 Å². The van der Waals surface area contributed by atoms with Gasteiger partial charge in [0.05, 0.1) is 29.9 Å². The second-order valence-corrected chi connectivity index (χ2v) is 8.20. The monoisotopic (exact) mass is 468 g/mol. The number of aliphatic imine (C=N–C) groups is 1. The molecule has 1 atom stereocenters. The Kier molecular flexibility index (Phi) is 6.50. The van der Waals surface area contributed by atoms with Crippen molar-refractivity contribution >= 4 is 28.3 Å². The molecule has 35 heavy (non-hydrogen) atoms. The first-order valence-electron chi connectivity index (χ1n) is 11.6. The van der Waals surface area contributed by atoms with Gasteiger partial charge in [-0.1, -0.05) is 48.5 Å². The normalized spacial score (nSPS) is 15.2. The Balaban J connectivity index is 1.65. The van der Waals surface area contributed by atoms with Gasteiger partial charge in [0.15, 0.2) is 0 Å². The van der Waals surface area contributed by atoms with Gasteiger partial charge >= 0.3 is 5.97 Å². The first-order valence-corrected chi connectivity index (χ1v) is 11.6. The molecule has 0 spiro atoms. The van der Waals surface area contributed by atoms with E-state index in [9.17, 15) is 9.18 Å². The molecular formula is C28H25FN4O2. The van der Waals surface area contributed by atoms with Crippen molar-refractivity contribution in [3.8, 4) is 0 Å². The minimum Gasteiger partial charge on any atom is -0.465 e. The lowest BCUT2D eigenvalue weighted by Gasteiger charge is -2.17. The SMILES string of the molecule is CCOC(=O)CNC1N=c2ccccc2=C(c2ccccc2F)N=C1Cc1c[nH]c2ccccc12. The summed E-state index contributed by atoms with van der Waals surface area (Å²) in [6.07, 6.45) is 1.81. The van der Waals surface area contributed by atoms with Crippen molar-refractivity contribution in [2.45, 2.75) is 19.5 Å². The number of benzene rings is 3. The standard InChI is InChI=1S/C28H25FN4O2/c1-2-35-26(34)17-31-28-25(15-18-16-30-23-13-7-4-9-19(18)23)32-27(20-10-3-6-12-22(20)29)21-11-5-8-14-24(21)33-28/h3-14,16,28,30-31H,2,15,17H2,1H3. The maximum atomic E-state index is 14.9. The number of nitrogens with one attached hydrogen (secondary N) is 2. The molecule has 7 heteroatoms. The maximum absolute atomic E-state index is 14.9. The molecule has 1 aliphatic heterocycles. The van der Waals surface area contributed by atoms with Gasteiger partial charge in [-0.15, -0.1) is 0 Å². The van der Waals surface area contributed by atoms with Gasteiger partial charge in [-0.05, 0) is 36.8 Å².